The predicted molar refractivity (Wildman–Crippen MR) is 127 cm³/mol. The average Bonchev–Trinajstić information content (AvgIpc) is 2.85. The van der Waals surface area contributed by atoms with Crippen LogP contribution in [0.1, 0.15) is 21.6 Å². The predicted octanol–water partition coefficient (Wildman–Crippen LogP) is 3.38. The van der Waals surface area contributed by atoms with Gasteiger partial charge in [-0.3, -0.25) is 14.7 Å². The molecule has 3 aromatic rings. The summed E-state index contributed by atoms with van der Waals surface area (Å²) in [6, 6.07) is 21.9. The van der Waals surface area contributed by atoms with Crippen molar-refractivity contribution < 1.29 is 9.53 Å². The van der Waals surface area contributed by atoms with Gasteiger partial charge in [0, 0.05) is 63.1 Å². The van der Waals surface area contributed by atoms with Gasteiger partial charge in [0.25, 0.3) is 5.91 Å². The normalized spacial score (nSPS) is 14.2. The average molecular weight is 431 g/mol. The van der Waals surface area contributed by atoms with Gasteiger partial charge in [0.2, 0.25) is 0 Å². The number of hydrogen-bond donors (Lipinski definition) is 1. The van der Waals surface area contributed by atoms with Gasteiger partial charge in [0.1, 0.15) is 5.75 Å². The zero-order valence-corrected chi connectivity index (χ0v) is 18.5. The Bertz CT molecular complexity index is 1020. The number of nitrogens with one attached hydrogen (secondary N) is 1. The molecule has 1 saturated heterocycles. The van der Waals surface area contributed by atoms with Crippen LogP contribution in [-0.4, -0.2) is 55.6 Å². The van der Waals surface area contributed by atoms with E-state index in [1.165, 1.54) is 0 Å². The second-order valence-corrected chi connectivity index (χ2v) is 7.96. The number of para-hydroxylation sites is 2. The Morgan fingerprint density at radius 2 is 1.81 bits per heavy atom. The first-order valence-electron chi connectivity index (χ1n) is 11.1. The van der Waals surface area contributed by atoms with Crippen molar-refractivity contribution in [1.82, 2.24) is 15.2 Å². The quantitative estimate of drug-likeness (QED) is 0.594. The van der Waals surface area contributed by atoms with Crippen LogP contribution in [0.25, 0.3) is 0 Å². The number of piperazine rings is 1. The fourth-order valence-electron chi connectivity index (χ4n) is 4.06. The number of carbonyl (C=O) groups is 1. The monoisotopic (exact) mass is 430 g/mol. The van der Waals surface area contributed by atoms with E-state index in [2.05, 4.69) is 38.3 Å². The van der Waals surface area contributed by atoms with Crippen LogP contribution in [0.5, 0.6) is 5.75 Å². The summed E-state index contributed by atoms with van der Waals surface area (Å²) < 4.78 is 5.51. The van der Waals surface area contributed by atoms with E-state index in [0.29, 0.717) is 12.1 Å². The molecule has 166 valence electrons. The first-order valence-corrected chi connectivity index (χ1v) is 11.1. The van der Waals surface area contributed by atoms with Gasteiger partial charge in [0.05, 0.1) is 12.8 Å². The third kappa shape index (κ3) is 5.65. The zero-order chi connectivity index (χ0) is 22.2. The largest absolute Gasteiger partial charge is 0.495 e. The molecule has 1 N–H and O–H groups in total. The first kappa shape index (κ1) is 21.8. The molecule has 2 aromatic carbocycles. The molecular formula is C26H30N4O2. The Balaban J connectivity index is 1.28. The molecule has 0 spiro atoms. The third-order valence-electron chi connectivity index (χ3n) is 5.79. The van der Waals surface area contributed by atoms with Gasteiger partial charge >= 0.3 is 0 Å². The summed E-state index contributed by atoms with van der Waals surface area (Å²) in [4.78, 5) is 21.7. The number of methoxy groups -OCH3 is 1. The lowest BCUT2D eigenvalue weighted by atomic mass is 10.1. The van der Waals surface area contributed by atoms with E-state index in [0.717, 1.165) is 61.8 Å². The molecule has 0 bridgehead atoms. The van der Waals surface area contributed by atoms with E-state index in [4.69, 9.17) is 4.74 Å². The van der Waals surface area contributed by atoms with Crippen molar-refractivity contribution in [2.45, 2.75) is 13.0 Å². The van der Waals surface area contributed by atoms with Crippen LogP contribution in [0.4, 0.5) is 5.69 Å². The molecule has 0 aliphatic carbocycles. The number of anilines is 1. The molecule has 0 saturated carbocycles. The molecule has 1 aliphatic rings. The summed E-state index contributed by atoms with van der Waals surface area (Å²) in [5.41, 5.74) is 4.00. The lowest BCUT2D eigenvalue weighted by Gasteiger charge is -2.36. The van der Waals surface area contributed by atoms with Gasteiger partial charge in [-0.15, -0.1) is 0 Å². The maximum Gasteiger partial charge on any atom is 0.251 e. The Labute approximate surface area is 189 Å². The topological polar surface area (TPSA) is 57.7 Å². The number of carbonyl (C=O) groups excluding carboxylic acids is 1. The van der Waals surface area contributed by atoms with Crippen molar-refractivity contribution in [2.24, 2.45) is 0 Å². The van der Waals surface area contributed by atoms with Gasteiger partial charge in [-0.2, -0.15) is 0 Å². The maximum absolute atomic E-state index is 12.6. The van der Waals surface area contributed by atoms with Crippen molar-refractivity contribution in [3.05, 3.63) is 89.7 Å². The second-order valence-electron chi connectivity index (χ2n) is 7.96. The van der Waals surface area contributed by atoms with Crippen LogP contribution in [0.3, 0.4) is 0 Å². The number of amides is 1. The number of aromatic nitrogens is 1. The smallest absolute Gasteiger partial charge is 0.251 e. The minimum atomic E-state index is -0.0382. The Kier molecular flexibility index (Phi) is 7.35. The summed E-state index contributed by atoms with van der Waals surface area (Å²) in [7, 11) is 1.72. The molecule has 32 heavy (non-hydrogen) atoms. The lowest BCUT2D eigenvalue weighted by molar-refractivity contribution is 0.0954. The zero-order valence-electron chi connectivity index (χ0n) is 18.5. The number of ether oxygens (including phenoxy) is 1. The van der Waals surface area contributed by atoms with Crippen LogP contribution < -0.4 is 15.0 Å². The SMILES string of the molecule is COc1ccccc1N1CCN(Cc2cccc(C(=O)NCCc3ccccn3)c2)CC1. The molecule has 1 aromatic heterocycles. The number of rotatable bonds is 8. The summed E-state index contributed by atoms with van der Waals surface area (Å²) in [5, 5.41) is 3.00. The van der Waals surface area contributed by atoms with Crippen LogP contribution in [0.15, 0.2) is 72.9 Å². The van der Waals surface area contributed by atoms with Gasteiger partial charge in [0.15, 0.2) is 0 Å². The minimum Gasteiger partial charge on any atom is -0.495 e. The summed E-state index contributed by atoms with van der Waals surface area (Å²) in [5.74, 6) is 0.881. The van der Waals surface area contributed by atoms with E-state index in [-0.39, 0.29) is 5.91 Å². The van der Waals surface area contributed by atoms with E-state index in [9.17, 15) is 4.79 Å². The third-order valence-corrected chi connectivity index (χ3v) is 5.79. The van der Waals surface area contributed by atoms with Crippen molar-refractivity contribution in [3.63, 3.8) is 0 Å². The van der Waals surface area contributed by atoms with Crippen LogP contribution >= 0.6 is 0 Å². The molecule has 1 amide bonds. The standard InChI is InChI=1S/C26H30N4O2/c1-32-25-11-3-2-10-24(25)30-17-15-29(16-18-30)20-21-7-6-8-22(19-21)26(31)28-14-12-23-9-4-5-13-27-23/h2-11,13,19H,12,14-18,20H2,1H3,(H,28,31). The molecule has 0 unspecified atom stereocenters. The molecule has 2 heterocycles. The number of hydrogen-bond acceptors (Lipinski definition) is 5. The van der Waals surface area contributed by atoms with Crippen LogP contribution in [0.2, 0.25) is 0 Å². The van der Waals surface area contributed by atoms with E-state index in [1.54, 1.807) is 13.3 Å². The number of benzene rings is 2. The second kappa shape index (κ2) is 10.8. The minimum absolute atomic E-state index is 0.0382. The Morgan fingerprint density at radius 3 is 2.59 bits per heavy atom. The fourth-order valence-corrected chi connectivity index (χ4v) is 4.06. The lowest BCUT2D eigenvalue weighted by Crippen LogP contribution is -2.46. The van der Waals surface area contributed by atoms with Crippen molar-refractivity contribution in [2.75, 3.05) is 44.7 Å². The molecule has 6 nitrogen and oxygen atoms in total. The molecule has 0 atom stereocenters. The molecule has 6 heteroatoms. The van der Waals surface area contributed by atoms with E-state index in [1.807, 2.05) is 48.5 Å². The van der Waals surface area contributed by atoms with Gasteiger partial charge < -0.3 is 15.0 Å². The van der Waals surface area contributed by atoms with E-state index >= 15 is 0 Å². The van der Waals surface area contributed by atoms with Crippen molar-refractivity contribution >= 4 is 11.6 Å². The summed E-state index contributed by atoms with van der Waals surface area (Å²) in [6.07, 6.45) is 2.50. The molecule has 4 rings (SSSR count). The van der Waals surface area contributed by atoms with E-state index < -0.39 is 0 Å². The van der Waals surface area contributed by atoms with Gasteiger partial charge in [-0.1, -0.05) is 30.3 Å². The van der Waals surface area contributed by atoms with Gasteiger partial charge in [-0.25, -0.2) is 0 Å². The van der Waals surface area contributed by atoms with Crippen LogP contribution in [0, 0.1) is 0 Å². The van der Waals surface area contributed by atoms with Crippen LogP contribution in [-0.2, 0) is 13.0 Å². The molecular weight excluding hydrogens is 400 g/mol. The Hall–Kier alpha value is -3.38. The molecule has 1 aliphatic heterocycles. The van der Waals surface area contributed by atoms with Gasteiger partial charge in [-0.05, 0) is 42.0 Å². The molecule has 0 radical (unpaired) electrons. The highest BCUT2D eigenvalue weighted by molar-refractivity contribution is 5.94. The first-order chi connectivity index (χ1) is 15.7. The summed E-state index contributed by atoms with van der Waals surface area (Å²) in [6.45, 7) is 5.26. The van der Waals surface area contributed by atoms with Crippen molar-refractivity contribution in [1.29, 1.82) is 0 Å². The fraction of sp³-hybridized carbons (Fsp3) is 0.308. The number of nitrogens with zero attached hydrogens (tertiary/aromatic N) is 3. The maximum atomic E-state index is 12.6. The number of pyridine rings is 1. The highest BCUT2D eigenvalue weighted by Crippen LogP contribution is 2.28. The summed E-state index contributed by atoms with van der Waals surface area (Å²) >= 11 is 0. The molecule has 1 fully saturated rings. The highest BCUT2D eigenvalue weighted by Gasteiger charge is 2.19. The highest BCUT2D eigenvalue weighted by atomic mass is 16.5. The van der Waals surface area contributed by atoms with Crippen molar-refractivity contribution in [3.8, 4) is 5.75 Å². The Morgan fingerprint density at radius 1 is 1.00 bits per heavy atom.